The molecule has 2 heterocycles. The van der Waals surface area contributed by atoms with Crippen molar-refractivity contribution >= 4 is 42.3 Å². The van der Waals surface area contributed by atoms with E-state index in [1.165, 1.54) is 0 Å². The number of amides is 1. The molecule has 0 aromatic heterocycles. The second-order valence-corrected chi connectivity index (χ2v) is 7.89. The van der Waals surface area contributed by atoms with Gasteiger partial charge >= 0.3 is 0 Å². The molecule has 3 rings (SSSR count). The Labute approximate surface area is 184 Å². The summed E-state index contributed by atoms with van der Waals surface area (Å²) in [6, 6.07) is 7.91. The number of hydrogen-bond donors (Lipinski definition) is 2. The molecule has 1 aromatic carbocycles. The molecule has 9 heteroatoms. The Morgan fingerprint density at radius 2 is 2.04 bits per heavy atom. The van der Waals surface area contributed by atoms with Crippen LogP contribution in [0.3, 0.4) is 0 Å². The molecule has 2 aliphatic rings. The third-order valence-electron chi connectivity index (χ3n) is 4.84. The predicted molar refractivity (Wildman–Crippen MR) is 116 cm³/mol. The molecule has 2 N–H and O–H groups in total. The van der Waals surface area contributed by atoms with Gasteiger partial charge in [-0.05, 0) is 31.5 Å². The molecule has 2 saturated heterocycles. The molecular formula is C19H30Cl3N3O3. The molecule has 160 valence electrons. The van der Waals surface area contributed by atoms with Crippen LogP contribution in [0.4, 0.5) is 0 Å². The van der Waals surface area contributed by atoms with Crippen LogP contribution in [0.25, 0.3) is 0 Å². The van der Waals surface area contributed by atoms with E-state index in [0.717, 1.165) is 25.2 Å². The summed E-state index contributed by atoms with van der Waals surface area (Å²) in [5, 5.41) is 6.97. The number of halogens is 3. The highest BCUT2D eigenvalue weighted by molar-refractivity contribution is 6.30. The molecule has 1 amide bonds. The smallest absolute Gasteiger partial charge is 0.250 e. The van der Waals surface area contributed by atoms with Crippen LogP contribution in [0.2, 0.25) is 5.02 Å². The van der Waals surface area contributed by atoms with Gasteiger partial charge in [-0.3, -0.25) is 9.69 Å². The van der Waals surface area contributed by atoms with Crippen LogP contribution in [0.15, 0.2) is 24.3 Å². The maximum atomic E-state index is 12.5. The lowest BCUT2D eigenvalue weighted by molar-refractivity contribution is -0.135. The number of benzene rings is 1. The Hall–Kier alpha value is -0.600. The van der Waals surface area contributed by atoms with E-state index in [1.807, 2.05) is 24.3 Å². The van der Waals surface area contributed by atoms with Crippen LogP contribution in [0.1, 0.15) is 25.5 Å². The number of morpholine rings is 2. The first-order valence-electron chi connectivity index (χ1n) is 9.18. The van der Waals surface area contributed by atoms with Crippen LogP contribution >= 0.6 is 36.4 Å². The van der Waals surface area contributed by atoms with Crippen molar-refractivity contribution in [2.24, 2.45) is 0 Å². The summed E-state index contributed by atoms with van der Waals surface area (Å²) >= 11 is 6.05. The molecule has 0 saturated carbocycles. The summed E-state index contributed by atoms with van der Waals surface area (Å²) < 4.78 is 11.4. The van der Waals surface area contributed by atoms with Gasteiger partial charge in [-0.2, -0.15) is 0 Å². The van der Waals surface area contributed by atoms with Gasteiger partial charge in [0.1, 0.15) is 6.10 Å². The first kappa shape index (κ1) is 25.4. The SMILES string of the molecule is CC1(C)CN(C(CNC(=O)C2CNCCO2)c2ccc(Cl)cc2)CCO1.Cl.Cl. The quantitative estimate of drug-likeness (QED) is 0.715. The van der Waals surface area contributed by atoms with E-state index < -0.39 is 6.10 Å². The van der Waals surface area contributed by atoms with Gasteiger partial charge < -0.3 is 20.1 Å². The average Bonchev–Trinajstić information content (AvgIpc) is 2.63. The van der Waals surface area contributed by atoms with Crippen molar-refractivity contribution in [3.63, 3.8) is 0 Å². The largest absolute Gasteiger partial charge is 0.373 e. The maximum absolute atomic E-state index is 12.5. The first-order chi connectivity index (χ1) is 12.4. The van der Waals surface area contributed by atoms with Crippen LogP contribution < -0.4 is 10.6 Å². The van der Waals surface area contributed by atoms with Gasteiger partial charge in [0, 0.05) is 37.7 Å². The van der Waals surface area contributed by atoms with Crippen molar-refractivity contribution in [3.05, 3.63) is 34.9 Å². The summed E-state index contributed by atoms with van der Waals surface area (Å²) in [6.07, 6.45) is -0.421. The number of hydrogen-bond acceptors (Lipinski definition) is 5. The zero-order chi connectivity index (χ0) is 18.6. The van der Waals surface area contributed by atoms with Gasteiger partial charge in [0.2, 0.25) is 0 Å². The van der Waals surface area contributed by atoms with Gasteiger partial charge in [0.25, 0.3) is 5.91 Å². The van der Waals surface area contributed by atoms with E-state index in [0.29, 0.717) is 31.3 Å². The van der Waals surface area contributed by atoms with E-state index in [4.69, 9.17) is 21.1 Å². The van der Waals surface area contributed by atoms with E-state index in [2.05, 4.69) is 29.4 Å². The number of carbonyl (C=O) groups is 1. The Kier molecular flexibility index (Phi) is 10.5. The number of nitrogens with one attached hydrogen (secondary N) is 2. The Balaban J connectivity index is 0.00000196. The summed E-state index contributed by atoms with van der Waals surface area (Å²) in [5.74, 6) is -0.0660. The Bertz CT molecular complexity index is 610. The first-order valence-corrected chi connectivity index (χ1v) is 9.56. The van der Waals surface area contributed by atoms with Crippen LogP contribution in [-0.2, 0) is 14.3 Å². The van der Waals surface area contributed by atoms with Gasteiger partial charge in [-0.1, -0.05) is 23.7 Å². The van der Waals surface area contributed by atoms with Crippen molar-refractivity contribution < 1.29 is 14.3 Å². The van der Waals surface area contributed by atoms with E-state index in [-0.39, 0.29) is 42.4 Å². The molecule has 0 spiro atoms. The minimum atomic E-state index is -0.421. The lowest BCUT2D eigenvalue weighted by Crippen LogP contribution is -2.53. The van der Waals surface area contributed by atoms with Crippen LogP contribution in [0, 0.1) is 0 Å². The zero-order valence-corrected chi connectivity index (χ0v) is 18.7. The molecule has 0 aliphatic carbocycles. The lowest BCUT2D eigenvalue weighted by Gasteiger charge is -2.42. The highest BCUT2D eigenvalue weighted by atomic mass is 35.5. The average molecular weight is 455 g/mol. The third kappa shape index (κ3) is 7.02. The van der Waals surface area contributed by atoms with Crippen molar-refractivity contribution in [1.29, 1.82) is 0 Å². The summed E-state index contributed by atoms with van der Waals surface area (Å²) in [5.41, 5.74) is 0.929. The highest BCUT2D eigenvalue weighted by Crippen LogP contribution is 2.27. The molecule has 1 aromatic rings. The highest BCUT2D eigenvalue weighted by Gasteiger charge is 2.32. The normalized spacial score (nSPS) is 23.0. The fourth-order valence-electron chi connectivity index (χ4n) is 3.51. The minimum absolute atomic E-state index is 0. The second-order valence-electron chi connectivity index (χ2n) is 7.45. The Morgan fingerprint density at radius 1 is 1.32 bits per heavy atom. The Morgan fingerprint density at radius 3 is 2.64 bits per heavy atom. The molecule has 2 atom stereocenters. The number of carbonyl (C=O) groups excluding carboxylic acids is 1. The molecule has 2 fully saturated rings. The van der Waals surface area contributed by atoms with E-state index >= 15 is 0 Å². The number of ether oxygens (including phenoxy) is 2. The molecule has 0 radical (unpaired) electrons. The van der Waals surface area contributed by atoms with Gasteiger partial charge in [0.15, 0.2) is 0 Å². The summed E-state index contributed by atoms with van der Waals surface area (Å²) in [7, 11) is 0. The standard InChI is InChI=1S/C19H28ClN3O3.2ClH/c1-19(2)13-23(8-10-26-19)16(14-3-5-15(20)6-4-14)11-22-18(24)17-12-21-7-9-25-17;;/h3-6,16-17,21H,7-13H2,1-2H3,(H,22,24);2*1H. The zero-order valence-electron chi connectivity index (χ0n) is 16.3. The van der Waals surface area contributed by atoms with Gasteiger partial charge in [-0.25, -0.2) is 0 Å². The fourth-order valence-corrected chi connectivity index (χ4v) is 3.63. The predicted octanol–water partition coefficient (Wildman–Crippen LogP) is 2.44. The molecule has 2 unspecified atom stereocenters. The number of rotatable bonds is 5. The van der Waals surface area contributed by atoms with Crippen molar-refractivity contribution in [2.75, 3.05) is 45.9 Å². The van der Waals surface area contributed by atoms with Gasteiger partial charge in [0.05, 0.1) is 24.9 Å². The van der Waals surface area contributed by atoms with Crippen molar-refractivity contribution in [1.82, 2.24) is 15.5 Å². The maximum Gasteiger partial charge on any atom is 0.250 e. The van der Waals surface area contributed by atoms with E-state index in [9.17, 15) is 4.79 Å². The van der Waals surface area contributed by atoms with Crippen molar-refractivity contribution in [3.8, 4) is 0 Å². The lowest BCUT2D eigenvalue weighted by atomic mass is 10.0. The molecule has 28 heavy (non-hydrogen) atoms. The van der Waals surface area contributed by atoms with Crippen molar-refractivity contribution in [2.45, 2.75) is 31.6 Å². The summed E-state index contributed by atoms with van der Waals surface area (Å²) in [4.78, 5) is 14.8. The monoisotopic (exact) mass is 453 g/mol. The molecular weight excluding hydrogens is 425 g/mol. The summed E-state index contributed by atoms with van der Waals surface area (Å²) in [6.45, 7) is 8.94. The van der Waals surface area contributed by atoms with Gasteiger partial charge in [-0.15, -0.1) is 24.8 Å². The topological polar surface area (TPSA) is 62.8 Å². The van der Waals surface area contributed by atoms with E-state index in [1.54, 1.807) is 0 Å². The van der Waals surface area contributed by atoms with Crippen LogP contribution in [0.5, 0.6) is 0 Å². The molecule has 6 nitrogen and oxygen atoms in total. The third-order valence-corrected chi connectivity index (χ3v) is 5.09. The number of nitrogens with zero attached hydrogens (tertiary/aromatic N) is 1. The molecule has 2 aliphatic heterocycles. The molecule has 0 bridgehead atoms. The second kappa shape index (κ2) is 11.6. The fraction of sp³-hybridized carbons (Fsp3) is 0.632. The minimum Gasteiger partial charge on any atom is -0.373 e. The van der Waals surface area contributed by atoms with Crippen LogP contribution in [-0.4, -0.2) is 68.4 Å².